The fraction of sp³-hybridized carbons (Fsp3) is 0.0833. The predicted octanol–water partition coefficient (Wildman–Crippen LogP) is 6.94. The van der Waals surface area contributed by atoms with Gasteiger partial charge >= 0.3 is 0 Å². The molecular formula is C24H17ClN2O4S2. The Hall–Kier alpha value is -3.07. The molecule has 1 fully saturated rings. The van der Waals surface area contributed by atoms with Crippen LogP contribution in [0.15, 0.2) is 81.4 Å². The minimum atomic E-state index is -0.453. The molecule has 0 radical (unpaired) electrons. The molecule has 0 spiro atoms. The quantitative estimate of drug-likeness (QED) is 0.209. The number of carbonyl (C=O) groups is 2. The van der Waals surface area contributed by atoms with Crippen LogP contribution >= 0.6 is 35.1 Å². The number of nitro benzene ring substituents is 1. The van der Waals surface area contributed by atoms with Gasteiger partial charge in [0.15, 0.2) is 0 Å². The van der Waals surface area contributed by atoms with Crippen molar-refractivity contribution in [1.82, 2.24) is 4.90 Å². The van der Waals surface area contributed by atoms with Gasteiger partial charge < -0.3 is 0 Å². The maximum absolute atomic E-state index is 12.8. The van der Waals surface area contributed by atoms with E-state index in [4.69, 9.17) is 11.6 Å². The zero-order valence-corrected chi connectivity index (χ0v) is 19.7. The minimum absolute atomic E-state index is 0.0634. The van der Waals surface area contributed by atoms with Crippen LogP contribution in [-0.2, 0) is 11.3 Å². The van der Waals surface area contributed by atoms with E-state index in [2.05, 4.69) is 0 Å². The zero-order chi connectivity index (χ0) is 23.5. The van der Waals surface area contributed by atoms with Crippen molar-refractivity contribution in [3.8, 4) is 0 Å². The highest BCUT2D eigenvalue weighted by molar-refractivity contribution is 8.18. The lowest BCUT2D eigenvalue weighted by Gasteiger charge is -2.13. The molecule has 4 rings (SSSR count). The average Bonchev–Trinajstić information content (AvgIpc) is 3.05. The van der Waals surface area contributed by atoms with Crippen molar-refractivity contribution in [1.29, 1.82) is 0 Å². The van der Waals surface area contributed by atoms with Crippen molar-refractivity contribution < 1.29 is 14.5 Å². The molecule has 0 atom stereocenters. The summed E-state index contributed by atoms with van der Waals surface area (Å²) in [6.45, 7) is 2.04. The first-order valence-electron chi connectivity index (χ1n) is 9.83. The molecule has 3 aromatic carbocycles. The molecule has 0 saturated carbocycles. The zero-order valence-electron chi connectivity index (χ0n) is 17.4. The molecule has 1 aliphatic heterocycles. The summed E-state index contributed by atoms with van der Waals surface area (Å²) < 4.78 is 0. The van der Waals surface area contributed by atoms with E-state index in [1.54, 1.807) is 36.4 Å². The van der Waals surface area contributed by atoms with Gasteiger partial charge in [-0.2, -0.15) is 0 Å². The Morgan fingerprint density at radius 3 is 2.52 bits per heavy atom. The molecule has 1 aliphatic rings. The molecule has 2 amide bonds. The Morgan fingerprint density at radius 2 is 1.82 bits per heavy atom. The van der Waals surface area contributed by atoms with Crippen molar-refractivity contribution in [2.45, 2.75) is 23.3 Å². The molecule has 0 aromatic heterocycles. The monoisotopic (exact) mass is 496 g/mol. The summed E-state index contributed by atoms with van der Waals surface area (Å²) in [6, 6.07) is 19.5. The first kappa shape index (κ1) is 23.1. The Balaban J connectivity index is 1.58. The fourth-order valence-electron chi connectivity index (χ4n) is 3.17. The fourth-order valence-corrected chi connectivity index (χ4v) is 5.11. The molecule has 166 valence electrons. The largest absolute Gasteiger partial charge is 0.293 e. The summed E-state index contributed by atoms with van der Waals surface area (Å²) in [5.74, 6) is -0.453. The third kappa shape index (κ3) is 5.30. The number of rotatable bonds is 6. The molecular weight excluding hydrogens is 480 g/mol. The summed E-state index contributed by atoms with van der Waals surface area (Å²) in [7, 11) is 0. The highest BCUT2D eigenvalue weighted by Crippen LogP contribution is 2.38. The van der Waals surface area contributed by atoms with E-state index < -0.39 is 16.1 Å². The number of halogens is 1. The van der Waals surface area contributed by atoms with Crippen LogP contribution in [0.2, 0.25) is 5.02 Å². The van der Waals surface area contributed by atoms with Crippen LogP contribution in [0.3, 0.4) is 0 Å². The van der Waals surface area contributed by atoms with Crippen LogP contribution in [0.1, 0.15) is 16.7 Å². The van der Waals surface area contributed by atoms with Crippen LogP contribution in [0.4, 0.5) is 10.5 Å². The molecule has 3 aromatic rings. The topological polar surface area (TPSA) is 80.5 Å². The van der Waals surface area contributed by atoms with E-state index in [1.165, 1.54) is 23.9 Å². The Labute approximate surface area is 203 Å². The summed E-state index contributed by atoms with van der Waals surface area (Å²) in [6.07, 6.45) is 1.50. The normalized spacial score (nSPS) is 14.8. The molecule has 1 heterocycles. The number of carbonyl (C=O) groups excluding carboxylic acids is 2. The van der Waals surface area contributed by atoms with Crippen molar-refractivity contribution in [2.75, 3.05) is 0 Å². The van der Waals surface area contributed by atoms with Gasteiger partial charge in [0.2, 0.25) is 0 Å². The lowest BCUT2D eigenvalue weighted by molar-refractivity contribution is -0.387. The van der Waals surface area contributed by atoms with Gasteiger partial charge in [0.05, 0.1) is 21.3 Å². The Bertz CT molecular complexity index is 1290. The number of thioether (sulfide) groups is 1. The number of nitro groups is 1. The lowest BCUT2D eigenvalue weighted by atomic mass is 10.1. The maximum Gasteiger partial charge on any atom is 0.293 e. The molecule has 9 heteroatoms. The van der Waals surface area contributed by atoms with E-state index in [0.29, 0.717) is 21.0 Å². The van der Waals surface area contributed by atoms with Crippen molar-refractivity contribution in [3.05, 3.63) is 103 Å². The van der Waals surface area contributed by atoms with Gasteiger partial charge in [0.1, 0.15) is 0 Å². The van der Waals surface area contributed by atoms with E-state index in [9.17, 15) is 19.7 Å². The molecule has 0 N–H and O–H groups in total. The molecule has 0 aliphatic carbocycles. The van der Waals surface area contributed by atoms with Crippen molar-refractivity contribution in [2.24, 2.45) is 0 Å². The van der Waals surface area contributed by atoms with Crippen LogP contribution in [0, 0.1) is 17.0 Å². The van der Waals surface area contributed by atoms with Crippen molar-refractivity contribution >= 4 is 58.0 Å². The van der Waals surface area contributed by atoms with E-state index in [-0.39, 0.29) is 17.1 Å². The molecule has 0 unspecified atom stereocenters. The second-order valence-corrected chi connectivity index (χ2v) is 9.77. The molecule has 33 heavy (non-hydrogen) atoms. The van der Waals surface area contributed by atoms with Crippen LogP contribution in [0.25, 0.3) is 6.08 Å². The number of imide groups is 1. The number of nitrogens with zero attached hydrogens (tertiary/aromatic N) is 2. The first-order chi connectivity index (χ1) is 15.8. The summed E-state index contributed by atoms with van der Waals surface area (Å²) in [5.41, 5.74) is 2.17. The summed E-state index contributed by atoms with van der Waals surface area (Å²) >= 11 is 8.26. The van der Waals surface area contributed by atoms with Gasteiger partial charge in [-0.3, -0.25) is 24.6 Å². The number of hydrogen-bond acceptors (Lipinski definition) is 6. The Morgan fingerprint density at radius 1 is 1.09 bits per heavy atom. The van der Waals surface area contributed by atoms with Crippen LogP contribution < -0.4 is 0 Å². The minimum Gasteiger partial charge on any atom is -0.268 e. The first-order valence-corrected chi connectivity index (χ1v) is 11.8. The highest BCUT2D eigenvalue weighted by atomic mass is 35.5. The smallest absolute Gasteiger partial charge is 0.268 e. The number of benzene rings is 3. The number of aryl methyl sites for hydroxylation is 1. The van der Waals surface area contributed by atoms with Gasteiger partial charge in [-0.25, -0.2) is 0 Å². The summed E-state index contributed by atoms with van der Waals surface area (Å²) in [5, 5.41) is 11.7. The van der Waals surface area contributed by atoms with Gasteiger partial charge in [-0.1, -0.05) is 65.3 Å². The second-order valence-electron chi connectivity index (χ2n) is 7.26. The lowest BCUT2D eigenvalue weighted by Crippen LogP contribution is -2.27. The van der Waals surface area contributed by atoms with Crippen molar-refractivity contribution in [3.63, 3.8) is 0 Å². The van der Waals surface area contributed by atoms with E-state index >= 15 is 0 Å². The molecule has 6 nitrogen and oxygen atoms in total. The average molecular weight is 497 g/mol. The number of amides is 2. The molecule has 0 bridgehead atoms. The maximum atomic E-state index is 12.8. The standard InChI is InChI=1S/C24H17ClN2O4S2/c1-15-6-9-18(10-7-15)32-21-11-8-16(12-20(21)27(30)31)13-22-23(28)26(24(29)33-22)14-17-4-2-3-5-19(17)25/h2-13H,14H2,1H3. The third-order valence-corrected chi connectivity index (χ3v) is 7.24. The predicted molar refractivity (Wildman–Crippen MR) is 131 cm³/mol. The highest BCUT2D eigenvalue weighted by Gasteiger charge is 2.35. The molecule has 1 saturated heterocycles. The van der Waals surface area contributed by atoms with E-state index in [1.807, 2.05) is 31.2 Å². The third-order valence-electron chi connectivity index (χ3n) is 4.89. The second kappa shape index (κ2) is 9.82. The van der Waals surface area contributed by atoms with Gasteiger partial charge in [0, 0.05) is 16.0 Å². The van der Waals surface area contributed by atoms with Gasteiger partial charge in [-0.15, -0.1) is 0 Å². The Kier molecular flexibility index (Phi) is 6.88. The van der Waals surface area contributed by atoms with Crippen LogP contribution in [-0.4, -0.2) is 21.0 Å². The van der Waals surface area contributed by atoms with E-state index in [0.717, 1.165) is 27.1 Å². The SMILES string of the molecule is Cc1ccc(Sc2ccc(C=C3SC(=O)N(Cc4ccccc4Cl)C3=O)cc2[N+](=O)[O-])cc1. The summed E-state index contributed by atoms with van der Waals surface area (Å²) in [4.78, 5) is 39.2. The van der Waals surface area contributed by atoms with Crippen LogP contribution in [0.5, 0.6) is 0 Å². The number of hydrogen-bond donors (Lipinski definition) is 0. The van der Waals surface area contributed by atoms with Gasteiger partial charge in [-0.05, 0) is 60.2 Å². The van der Waals surface area contributed by atoms with Gasteiger partial charge in [0.25, 0.3) is 16.8 Å².